The zero-order valence-corrected chi connectivity index (χ0v) is 13.4. The summed E-state index contributed by atoms with van der Waals surface area (Å²) in [6, 6.07) is 5.47. The third kappa shape index (κ3) is 3.75. The fourth-order valence-corrected chi connectivity index (χ4v) is 4.18. The standard InChI is InChI=1S/C15H21NO4S/c1-11-5-4-6-14(12(11)2)20-9-15(17)16(3)13-7-8-21(18,19)10-13/h4-6,13H,7-10H2,1-3H3/t13-/m0/s1. The van der Waals surface area contributed by atoms with Gasteiger partial charge >= 0.3 is 0 Å². The topological polar surface area (TPSA) is 63.7 Å². The SMILES string of the molecule is Cc1cccc(OCC(=O)N(C)[C@H]2CCS(=O)(=O)C2)c1C. The minimum Gasteiger partial charge on any atom is -0.483 e. The molecule has 6 heteroatoms. The molecule has 0 saturated carbocycles. The molecule has 0 bridgehead atoms. The van der Waals surface area contributed by atoms with Gasteiger partial charge in [-0.25, -0.2) is 8.42 Å². The lowest BCUT2D eigenvalue weighted by Gasteiger charge is -2.23. The molecule has 0 spiro atoms. The van der Waals surface area contributed by atoms with Gasteiger partial charge in [0.2, 0.25) is 0 Å². The van der Waals surface area contributed by atoms with Crippen molar-refractivity contribution in [2.45, 2.75) is 26.3 Å². The second kappa shape index (κ2) is 6.05. The van der Waals surface area contributed by atoms with Gasteiger partial charge in [0.1, 0.15) is 5.75 Å². The molecular formula is C15H21NO4S. The Kier molecular flexibility index (Phi) is 4.56. The maximum atomic E-state index is 12.1. The van der Waals surface area contributed by atoms with Crippen LogP contribution in [0.4, 0.5) is 0 Å². The Balaban J connectivity index is 1.94. The normalized spacial score (nSPS) is 20.2. The molecule has 0 aromatic heterocycles. The number of benzene rings is 1. The summed E-state index contributed by atoms with van der Waals surface area (Å²) in [6.07, 6.45) is 0.508. The third-order valence-electron chi connectivity index (χ3n) is 4.06. The second-order valence-electron chi connectivity index (χ2n) is 5.55. The summed E-state index contributed by atoms with van der Waals surface area (Å²) in [4.78, 5) is 13.6. The van der Waals surface area contributed by atoms with Crippen molar-refractivity contribution >= 4 is 15.7 Å². The molecule has 1 atom stereocenters. The van der Waals surface area contributed by atoms with Crippen molar-refractivity contribution in [2.75, 3.05) is 25.2 Å². The minimum absolute atomic E-state index is 0.0543. The number of hydrogen-bond acceptors (Lipinski definition) is 4. The Labute approximate surface area is 125 Å². The molecule has 5 nitrogen and oxygen atoms in total. The molecule has 0 unspecified atom stereocenters. The molecule has 1 saturated heterocycles. The van der Waals surface area contributed by atoms with Gasteiger partial charge in [-0.3, -0.25) is 4.79 Å². The lowest BCUT2D eigenvalue weighted by molar-refractivity contribution is -0.133. The maximum Gasteiger partial charge on any atom is 0.260 e. The van der Waals surface area contributed by atoms with E-state index < -0.39 is 9.84 Å². The Bertz CT molecular complexity index is 639. The molecule has 0 N–H and O–H groups in total. The van der Waals surface area contributed by atoms with Crippen LogP contribution in [0.2, 0.25) is 0 Å². The second-order valence-corrected chi connectivity index (χ2v) is 7.78. The van der Waals surface area contributed by atoms with Gasteiger partial charge in [0.05, 0.1) is 11.5 Å². The van der Waals surface area contributed by atoms with Crippen molar-refractivity contribution in [3.05, 3.63) is 29.3 Å². The van der Waals surface area contributed by atoms with Crippen LogP contribution in [-0.2, 0) is 14.6 Å². The smallest absolute Gasteiger partial charge is 0.260 e. The Morgan fingerprint density at radius 3 is 2.71 bits per heavy atom. The predicted octanol–water partition coefficient (Wildman–Crippen LogP) is 1.33. The van der Waals surface area contributed by atoms with E-state index >= 15 is 0 Å². The Morgan fingerprint density at radius 1 is 1.38 bits per heavy atom. The van der Waals surface area contributed by atoms with Crippen molar-refractivity contribution in [3.63, 3.8) is 0 Å². The van der Waals surface area contributed by atoms with Gasteiger partial charge in [-0.05, 0) is 37.5 Å². The third-order valence-corrected chi connectivity index (χ3v) is 5.81. The van der Waals surface area contributed by atoms with Crippen molar-refractivity contribution in [3.8, 4) is 5.75 Å². The van der Waals surface area contributed by atoms with Gasteiger partial charge < -0.3 is 9.64 Å². The highest BCUT2D eigenvalue weighted by Crippen LogP contribution is 2.21. The number of rotatable bonds is 4. The number of amides is 1. The quantitative estimate of drug-likeness (QED) is 0.841. The van der Waals surface area contributed by atoms with Gasteiger partial charge in [0, 0.05) is 13.1 Å². The Hall–Kier alpha value is -1.56. The minimum atomic E-state index is -2.99. The van der Waals surface area contributed by atoms with E-state index in [4.69, 9.17) is 4.74 Å². The Morgan fingerprint density at radius 2 is 2.10 bits per heavy atom. The molecular weight excluding hydrogens is 290 g/mol. The van der Waals surface area contributed by atoms with E-state index in [0.29, 0.717) is 12.2 Å². The van der Waals surface area contributed by atoms with Crippen LogP contribution in [-0.4, -0.2) is 50.4 Å². The van der Waals surface area contributed by atoms with Gasteiger partial charge in [-0.15, -0.1) is 0 Å². The van der Waals surface area contributed by atoms with E-state index in [0.717, 1.165) is 11.1 Å². The first-order valence-electron chi connectivity index (χ1n) is 6.95. The van der Waals surface area contributed by atoms with E-state index in [1.54, 1.807) is 7.05 Å². The molecule has 21 heavy (non-hydrogen) atoms. The largest absolute Gasteiger partial charge is 0.483 e. The zero-order chi connectivity index (χ0) is 15.6. The highest BCUT2D eigenvalue weighted by molar-refractivity contribution is 7.91. The summed E-state index contributed by atoms with van der Waals surface area (Å²) in [5.74, 6) is 0.708. The van der Waals surface area contributed by atoms with E-state index in [2.05, 4.69) is 0 Å². The summed E-state index contributed by atoms with van der Waals surface area (Å²) in [7, 11) is -1.35. The van der Waals surface area contributed by atoms with Crippen LogP contribution in [0.25, 0.3) is 0 Å². The molecule has 0 aliphatic carbocycles. The van der Waals surface area contributed by atoms with Gasteiger partial charge in [-0.2, -0.15) is 0 Å². The average Bonchev–Trinajstić information content (AvgIpc) is 2.79. The van der Waals surface area contributed by atoms with Crippen LogP contribution in [0.3, 0.4) is 0 Å². The summed E-state index contributed by atoms with van der Waals surface area (Å²) >= 11 is 0. The molecule has 116 valence electrons. The number of carbonyl (C=O) groups excluding carboxylic acids is 1. The molecule has 2 rings (SSSR count). The van der Waals surface area contributed by atoms with Crippen LogP contribution < -0.4 is 4.74 Å². The molecule has 1 aromatic carbocycles. The summed E-state index contributed by atoms with van der Waals surface area (Å²) in [5.41, 5.74) is 2.12. The fourth-order valence-electron chi connectivity index (χ4n) is 2.41. The molecule has 1 aromatic rings. The number of ether oxygens (including phenoxy) is 1. The maximum absolute atomic E-state index is 12.1. The van der Waals surface area contributed by atoms with Crippen LogP contribution in [0.5, 0.6) is 5.75 Å². The monoisotopic (exact) mass is 311 g/mol. The average molecular weight is 311 g/mol. The van der Waals surface area contributed by atoms with Gasteiger partial charge in [-0.1, -0.05) is 12.1 Å². The molecule has 1 heterocycles. The van der Waals surface area contributed by atoms with Crippen molar-refractivity contribution < 1.29 is 17.9 Å². The number of carbonyl (C=O) groups is 1. The van der Waals surface area contributed by atoms with Gasteiger partial charge in [0.15, 0.2) is 16.4 Å². The highest BCUT2D eigenvalue weighted by Gasteiger charge is 2.32. The highest BCUT2D eigenvalue weighted by atomic mass is 32.2. The van der Waals surface area contributed by atoms with Crippen molar-refractivity contribution in [1.29, 1.82) is 0 Å². The fraction of sp³-hybridized carbons (Fsp3) is 0.533. The number of hydrogen-bond donors (Lipinski definition) is 0. The van der Waals surface area contributed by atoms with Crippen LogP contribution in [0, 0.1) is 13.8 Å². The number of sulfone groups is 1. The first kappa shape index (κ1) is 15.8. The molecule has 1 amide bonds. The lowest BCUT2D eigenvalue weighted by atomic mass is 10.1. The molecule has 1 aliphatic rings. The predicted molar refractivity (Wildman–Crippen MR) is 81.2 cm³/mol. The number of aryl methyl sites for hydroxylation is 1. The van der Waals surface area contributed by atoms with Gasteiger partial charge in [0.25, 0.3) is 5.91 Å². The first-order chi connectivity index (χ1) is 9.80. The van der Waals surface area contributed by atoms with E-state index in [-0.39, 0.29) is 30.1 Å². The van der Waals surface area contributed by atoms with Crippen LogP contribution >= 0.6 is 0 Å². The lowest BCUT2D eigenvalue weighted by Crippen LogP contribution is -2.40. The van der Waals surface area contributed by atoms with Crippen LogP contribution in [0.15, 0.2) is 18.2 Å². The van der Waals surface area contributed by atoms with E-state index in [9.17, 15) is 13.2 Å². The first-order valence-corrected chi connectivity index (χ1v) is 8.77. The molecule has 0 radical (unpaired) electrons. The molecule has 1 fully saturated rings. The number of likely N-dealkylation sites (N-methyl/N-ethyl adjacent to an activating group) is 1. The zero-order valence-electron chi connectivity index (χ0n) is 12.6. The molecule has 1 aliphatic heterocycles. The van der Waals surface area contributed by atoms with Crippen molar-refractivity contribution in [2.24, 2.45) is 0 Å². The number of nitrogens with zero attached hydrogens (tertiary/aromatic N) is 1. The summed E-state index contributed by atoms with van der Waals surface area (Å²) in [6.45, 7) is 3.86. The van der Waals surface area contributed by atoms with E-state index in [1.165, 1.54) is 4.90 Å². The summed E-state index contributed by atoms with van der Waals surface area (Å²) in [5, 5.41) is 0. The summed E-state index contributed by atoms with van der Waals surface area (Å²) < 4.78 is 28.5. The van der Waals surface area contributed by atoms with Crippen LogP contribution in [0.1, 0.15) is 17.5 Å². The van der Waals surface area contributed by atoms with Crippen molar-refractivity contribution in [1.82, 2.24) is 4.90 Å². The van der Waals surface area contributed by atoms with E-state index in [1.807, 2.05) is 32.0 Å².